The van der Waals surface area contributed by atoms with E-state index in [1.165, 1.54) is 17.0 Å². The fourth-order valence-corrected chi connectivity index (χ4v) is 1.93. The van der Waals surface area contributed by atoms with E-state index < -0.39 is 23.5 Å². The van der Waals surface area contributed by atoms with Gasteiger partial charge in [0.05, 0.1) is 24.3 Å². The van der Waals surface area contributed by atoms with Gasteiger partial charge in [-0.1, -0.05) is 0 Å². The third kappa shape index (κ3) is 2.47. The first-order valence-corrected chi connectivity index (χ1v) is 5.86. The van der Waals surface area contributed by atoms with Crippen molar-refractivity contribution in [3.63, 3.8) is 0 Å². The summed E-state index contributed by atoms with van der Waals surface area (Å²) in [5.41, 5.74) is 0.370. The number of anilines is 1. The zero-order valence-corrected chi connectivity index (χ0v) is 10.3. The topological polar surface area (TPSA) is 63.7 Å². The van der Waals surface area contributed by atoms with E-state index in [-0.39, 0.29) is 25.1 Å². The van der Waals surface area contributed by atoms with E-state index >= 15 is 0 Å². The van der Waals surface area contributed by atoms with Gasteiger partial charge in [-0.05, 0) is 25.1 Å². The van der Waals surface area contributed by atoms with Crippen molar-refractivity contribution in [1.29, 1.82) is 0 Å². The van der Waals surface area contributed by atoms with E-state index in [0.29, 0.717) is 5.69 Å². The predicted octanol–water partition coefficient (Wildman–Crippen LogP) is 1.31. The number of amides is 1. The quantitative estimate of drug-likeness (QED) is 0.608. The molecule has 0 saturated heterocycles. The Bertz CT molecular complexity index is 556. The molecular formula is C13H12FNO4. The van der Waals surface area contributed by atoms with E-state index in [1.54, 1.807) is 6.92 Å². The molecule has 1 heterocycles. The van der Waals surface area contributed by atoms with Crippen LogP contribution in [-0.4, -0.2) is 30.8 Å². The van der Waals surface area contributed by atoms with Gasteiger partial charge in [0.2, 0.25) is 0 Å². The Morgan fingerprint density at radius 3 is 2.79 bits per heavy atom. The maximum Gasteiger partial charge on any atom is 0.307 e. The highest BCUT2D eigenvalue weighted by Gasteiger charge is 2.36. The maximum atomic E-state index is 13.0. The van der Waals surface area contributed by atoms with Crippen LogP contribution < -0.4 is 4.90 Å². The number of fused-ring (bicyclic) bond motifs is 1. The molecule has 0 N–H and O–H groups in total. The number of halogens is 1. The number of hydrogen-bond acceptors (Lipinski definition) is 4. The molecule has 1 amide bonds. The van der Waals surface area contributed by atoms with Crippen molar-refractivity contribution < 1.29 is 23.5 Å². The lowest BCUT2D eigenvalue weighted by molar-refractivity contribution is -0.142. The summed E-state index contributed by atoms with van der Waals surface area (Å²) in [4.78, 5) is 35.8. The number of nitrogens with zero attached hydrogens (tertiary/aromatic N) is 1. The lowest BCUT2D eigenvalue weighted by atomic mass is 10.1. The van der Waals surface area contributed by atoms with E-state index in [1.807, 2.05) is 0 Å². The Kier molecular flexibility index (Phi) is 3.59. The van der Waals surface area contributed by atoms with Gasteiger partial charge in [0.25, 0.3) is 11.7 Å². The zero-order valence-electron chi connectivity index (χ0n) is 10.3. The molecule has 2 rings (SSSR count). The molecular weight excluding hydrogens is 253 g/mol. The summed E-state index contributed by atoms with van der Waals surface area (Å²) in [6.07, 6.45) is -0.0102. The summed E-state index contributed by atoms with van der Waals surface area (Å²) in [5, 5.41) is 0. The Morgan fingerprint density at radius 1 is 1.37 bits per heavy atom. The van der Waals surface area contributed by atoms with Crippen LogP contribution >= 0.6 is 0 Å². The second-order valence-corrected chi connectivity index (χ2v) is 4.00. The summed E-state index contributed by atoms with van der Waals surface area (Å²) in [6, 6.07) is 3.56. The molecule has 0 aromatic heterocycles. The fraction of sp³-hybridized carbons (Fsp3) is 0.308. The largest absolute Gasteiger partial charge is 0.466 e. The minimum atomic E-state index is -0.752. The van der Waals surface area contributed by atoms with Crippen LogP contribution in [0, 0.1) is 5.82 Å². The smallest absolute Gasteiger partial charge is 0.307 e. The fourth-order valence-electron chi connectivity index (χ4n) is 1.93. The maximum absolute atomic E-state index is 13.0. The standard InChI is InChI=1S/C13H12FNO4/c1-2-19-11(16)5-6-15-10-4-3-8(14)7-9(10)12(17)13(15)18/h3-4,7H,2,5-6H2,1H3. The molecule has 5 nitrogen and oxygen atoms in total. The van der Waals surface area contributed by atoms with Gasteiger partial charge >= 0.3 is 5.97 Å². The molecule has 6 heteroatoms. The molecule has 0 bridgehead atoms. The monoisotopic (exact) mass is 265 g/mol. The lowest BCUT2D eigenvalue weighted by Gasteiger charge is -2.15. The summed E-state index contributed by atoms with van der Waals surface area (Å²) >= 11 is 0. The van der Waals surface area contributed by atoms with E-state index in [2.05, 4.69) is 0 Å². The van der Waals surface area contributed by atoms with E-state index in [4.69, 9.17) is 4.74 Å². The van der Waals surface area contributed by atoms with Gasteiger partial charge in [0.1, 0.15) is 5.82 Å². The molecule has 19 heavy (non-hydrogen) atoms. The molecule has 0 aliphatic carbocycles. The molecule has 1 aliphatic rings. The number of hydrogen-bond donors (Lipinski definition) is 0. The van der Waals surface area contributed by atoms with Gasteiger partial charge in [-0.15, -0.1) is 0 Å². The lowest BCUT2D eigenvalue weighted by Crippen LogP contribution is -2.32. The van der Waals surface area contributed by atoms with E-state index in [9.17, 15) is 18.8 Å². The second-order valence-electron chi connectivity index (χ2n) is 4.00. The zero-order chi connectivity index (χ0) is 14.0. The number of ketones is 1. The Labute approximate surface area is 109 Å². The molecule has 0 fully saturated rings. The van der Waals surface area contributed by atoms with Gasteiger partial charge in [-0.3, -0.25) is 14.4 Å². The minimum Gasteiger partial charge on any atom is -0.466 e. The van der Waals surface area contributed by atoms with Crippen LogP contribution in [0.2, 0.25) is 0 Å². The average Bonchev–Trinajstić information content (AvgIpc) is 2.61. The highest BCUT2D eigenvalue weighted by atomic mass is 19.1. The van der Waals surface area contributed by atoms with Gasteiger partial charge in [0.15, 0.2) is 0 Å². The van der Waals surface area contributed by atoms with Crippen LogP contribution in [-0.2, 0) is 14.3 Å². The molecule has 0 spiro atoms. The van der Waals surface area contributed by atoms with Gasteiger partial charge in [-0.2, -0.15) is 0 Å². The number of carbonyl (C=O) groups is 3. The summed E-state index contributed by atoms with van der Waals surface area (Å²) in [7, 11) is 0. The molecule has 0 radical (unpaired) electrons. The molecule has 100 valence electrons. The van der Waals surface area contributed by atoms with Crippen LogP contribution in [0.15, 0.2) is 18.2 Å². The number of Topliss-reactive ketones (excluding diaryl/α,β-unsaturated/α-hetero) is 1. The van der Waals surface area contributed by atoms with Gasteiger partial charge in [-0.25, -0.2) is 4.39 Å². The van der Waals surface area contributed by atoms with Crippen molar-refractivity contribution in [2.45, 2.75) is 13.3 Å². The number of rotatable bonds is 4. The van der Waals surface area contributed by atoms with Crippen molar-refractivity contribution in [3.8, 4) is 0 Å². The highest BCUT2D eigenvalue weighted by Crippen LogP contribution is 2.29. The first kappa shape index (κ1) is 13.2. The highest BCUT2D eigenvalue weighted by molar-refractivity contribution is 6.52. The average molecular weight is 265 g/mol. The van der Waals surface area contributed by atoms with Crippen molar-refractivity contribution in [2.24, 2.45) is 0 Å². The number of carbonyl (C=O) groups excluding carboxylic acids is 3. The Hall–Kier alpha value is -2.24. The first-order chi connectivity index (χ1) is 9.04. The summed E-state index contributed by atoms with van der Waals surface area (Å²) in [5.74, 6) is -2.52. The van der Waals surface area contributed by atoms with Crippen molar-refractivity contribution in [1.82, 2.24) is 0 Å². The summed E-state index contributed by atoms with van der Waals surface area (Å²) in [6.45, 7) is 1.98. The van der Waals surface area contributed by atoms with Crippen LogP contribution in [0.3, 0.4) is 0 Å². The van der Waals surface area contributed by atoms with Crippen molar-refractivity contribution >= 4 is 23.3 Å². The minimum absolute atomic E-state index is 0.0102. The Morgan fingerprint density at radius 2 is 2.11 bits per heavy atom. The van der Waals surface area contributed by atoms with Crippen molar-refractivity contribution in [3.05, 3.63) is 29.6 Å². The number of esters is 1. The molecule has 1 aromatic rings. The molecule has 0 saturated carbocycles. The predicted molar refractivity (Wildman–Crippen MR) is 64.3 cm³/mol. The third-order valence-electron chi connectivity index (χ3n) is 2.78. The SMILES string of the molecule is CCOC(=O)CCN1C(=O)C(=O)c2cc(F)ccc21. The van der Waals surface area contributed by atoms with Gasteiger partial charge in [0, 0.05) is 6.54 Å². The first-order valence-electron chi connectivity index (χ1n) is 5.86. The molecule has 0 atom stereocenters. The third-order valence-corrected chi connectivity index (χ3v) is 2.78. The normalized spacial score (nSPS) is 13.7. The van der Waals surface area contributed by atoms with Crippen LogP contribution in [0.5, 0.6) is 0 Å². The molecule has 1 aromatic carbocycles. The second kappa shape index (κ2) is 5.17. The Balaban J connectivity index is 2.17. The number of benzene rings is 1. The van der Waals surface area contributed by atoms with Gasteiger partial charge < -0.3 is 9.64 Å². The molecule has 0 unspecified atom stereocenters. The van der Waals surface area contributed by atoms with Crippen molar-refractivity contribution in [2.75, 3.05) is 18.1 Å². The van der Waals surface area contributed by atoms with Crippen LogP contribution in [0.25, 0.3) is 0 Å². The van der Waals surface area contributed by atoms with Crippen LogP contribution in [0.4, 0.5) is 10.1 Å². The number of ether oxygens (including phenoxy) is 1. The molecule has 1 aliphatic heterocycles. The summed E-state index contributed by atoms with van der Waals surface area (Å²) < 4.78 is 17.8. The van der Waals surface area contributed by atoms with E-state index in [0.717, 1.165) is 6.07 Å². The van der Waals surface area contributed by atoms with Crippen LogP contribution in [0.1, 0.15) is 23.7 Å².